The Kier molecular flexibility index (Phi) is 6.95. The minimum atomic E-state index is -4.46. The van der Waals surface area contributed by atoms with Gasteiger partial charge in [0.15, 0.2) is 5.01 Å². The lowest BCUT2D eigenvalue weighted by Crippen LogP contribution is -2.31. The molecule has 0 aliphatic rings. The van der Waals surface area contributed by atoms with Gasteiger partial charge in [0.2, 0.25) is 11.8 Å². The van der Waals surface area contributed by atoms with Crippen molar-refractivity contribution in [3.8, 4) is 11.3 Å². The molecule has 0 saturated carbocycles. The van der Waals surface area contributed by atoms with Gasteiger partial charge in [-0.2, -0.15) is 13.2 Å². The number of hydrogen-bond donors (Lipinski definition) is 1. The molecule has 2 amide bonds. The summed E-state index contributed by atoms with van der Waals surface area (Å²) in [6.07, 6.45) is -4.26. The molecular formula is C18H20F3N3O2S. The van der Waals surface area contributed by atoms with E-state index in [0.29, 0.717) is 35.7 Å². The van der Waals surface area contributed by atoms with Crippen molar-refractivity contribution < 1.29 is 22.8 Å². The molecule has 27 heavy (non-hydrogen) atoms. The van der Waals surface area contributed by atoms with Gasteiger partial charge < -0.3 is 10.2 Å². The van der Waals surface area contributed by atoms with Gasteiger partial charge in [-0.1, -0.05) is 12.1 Å². The Balaban J connectivity index is 1.92. The highest BCUT2D eigenvalue weighted by molar-refractivity contribution is 7.10. The number of halogens is 3. The number of amides is 2. The van der Waals surface area contributed by atoms with Crippen LogP contribution in [0.15, 0.2) is 29.6 Å². The van der Waals surface area contributed by atoms with Crippen LogP contribution in [0.2, 0.25) is 0 Å². The Morgan fingerprint density at radius 2 is 1.74 bits per heavy atom. The summed E-state index contributed by atoms with van der Waals surface area (Å²) < 4.78 is 37.9. The van der Waals surface area contributed by atoms with Crippen molar-refractivity contribution in [3.05, 3.63) is 34.7 Å². The van der Waals surface area contributed by atoms with Crippen LogP contribution in [0.3, 0.4) is 0 Å². The monoisotopic (exact) mass is 399 g/mol. The molecule has 0 radical (unpaired) electrons. The van der Waals surface area contributed by atoms with Crippen molar-refractivity contribution in [1.82, 2.24) is 9.88 Å². The van der Waals surface area contributed by atoms with E-state index in [1.54, 1.807) is 29.2 Å². The maximum absolute atomic E-state index is 12.6. The quantitative estimate of drug-likeness (QED) is 0.750. The second-order valence-corrected chi connectivity index (χ2v) is 6.59. The number of nitrogens with one attached hydrogen (secondary N) is 1. The number of thiazole rings is 1. The van der Waals surface area contributed by atoms with Gasteiger partial charge in [0, 0.05) is 42.6 Å². The molecule has 0 aliphatic carbocycles. The minimum Gasteiger partial charge on any atom is -0.343 e. The lowest BCUT2D eigenvalue weighted by Gasteiger charge is -2.18. The van der Waals surface area contributed by atoms with Crippen molar-refractivity contribution >= 4 is 28.8 Å². The van der Waals surface area contributed by atoms with Crippen LogP contribution in [0.1, 0.15) is 31.7 Å². The Morgan fingerprint density at radius 1 is 1.11 bits per heavy atom. The lowest BCUT2D eigenvalue weighted by molar-refractivity contribution is -0.137. The van der Waals surface area contributed by atoms with Crippen LogP contribution in [-0.4, -0.2) is 34.8 Å². The van der Waals surface area contributed by atoms with Crippen molar-refractivity contribution in [2.24, 2.45) is 0 Å². The van der Waals surface area contributed by atoms with E-state index in [-0.39, 0.29) is 30.3 Å². The zero-order valence-corrected chi connectivity index (χ0v) is 15.8. The number of benzene rings is 1. The first-order valence-electron chi connectivity index (χ1n) is 8.45. The molecule has 2 rings (SSSR count). The van der Waals surface area contributed by atoms with E-state index in [9.17, 15) is 22.8 Å². The number of carbonyl (C=O) groups is 2. The fourth-order valence-electron chi connectivity index (χ4n) is 2.44. The van der Waals surface area contributed by atoms with Gasteiger partial charge in [0.1, 0.15) is 0 Å². The van der Waals surface area contributed by atoms with Crippen molar-refractivity contribution in [2.75, 3.05) is 18.4 Å². The lowest BCUT2D eigenvalue weighted by atomic mass is 10.1. The molecular weight excluding hydrogens is 379 g/mol. The summed E-state index contributed by atoms with van der Waals surface area (Å²) in [5, 5.41) is 3.12. The highest BCUT2D eigenvalue weighted by Crippen LogP contribution is 2.34. The minimum absolute atomic E-state index is 0.0676. The Morgan fingerprint density at radius 3 is 2.26 bits per heavy atom. The van der Waals surface area contributed by atoms with Gasteiger partial charge in [-0.3, -0.25) is 9.59 Å². The third-order valence-electron chi connectivity index (χ3n) is 3.89. The molecule has 0 fully saturated rings. The zero-order chi connectivity index (χ0) is 20.0. The molecule has 0 saturated heterocycles. The number of anilines is 1. The molecule has 0 bridgehead atoms. The average molecular weight is 399 g/mol. The van der Waals surface area contributed by atoms with E-state index in [2.05, 4.69) is 10.3 Å². The molecule has 0 aliphatic heterocycles. The van der Waals surface area contributed by atoms with Crippen LogP contribution in [0.5, 0.6) is 0 Å². The van der Waals surface area contributed by atoms with Crippen molar-refractivity contribution in [3.63, 3.8) is 0 Å². The largest absolute Gasteiger partial charge is 0.443 e. The van der Waals surface area contributed by atoms with Crippen LogP contribution >= 0.6 is 11.3 Å². The van der Waals surface area contributed by atoms with Crippen molar-refractivity contribution in [1.29, 1.82) is 0 Å². The van der Waals surface area contributed by atoms with Crippen LogP contribution in [-0.2, 0) is 15.8 Å². The van der Waals surface area contributed by atoms with E-state index in [4.69, 9.17) is 0 Å². The molecule has 146 valence electrons. The van der Waals surface area contributed by atoms with Crippen LogP contribution < -0.4 is 5.32 Å². The fourth-order valence-corrected chi connectivity index (χ4v) is 3.14. The predicted molar refractivity (Wildman–Crippen MR) is 98.3 cm³/mol. The summed E-state index contributed by atoms with van der Waals surface area (Å²) in [6, 6.07) is 6.36. The number of carbonyl (C=O) groups excluding carboxylic acids is 2. The SMILES string of the molecule is CCN(CC)C(=O)CCC(=O)Nc1ccc(-c2csc(C(F)(F)F)n2)cc1. The van der Waals surface area contributed by atoms with E-state index in [0.717, 1.165) is 0 Å². The van der Waals surface area contributed by atoms with E-state index >= 15 is 0 Å². The third kappa shape index (κ3) is 5.78. The van der Waals surface area contributed by atoms with Gasteiger partial charge in [-0.05, 0) is 26.0 Å². The topological polar surface area (TPSA) is 62.3 Å². The van der Waals surface area contributed by atoms with Crippen LogP contribution in [0.4, 0.5) is 18.9 Å². The van der Waals surface area contributed by atoms with Crippen LogP contribution in [0.25, 0.3) is 11.3 Å². The molecule has 5 nitrogen and oxygen atoms in total. The summed E-state index contributed by atoms with van der Waals surface area (Å²) in [5.41, 5.74) is 1.26. The smallest absolute Gasteiger partial charge is 0.343 e. The molecule has 1 N–H and O–H groups in total. The summed E-state index contributed by atoms with van der Waals surface area (Å²) in [5.74, 6) is -0.370. The maximum Gasteiger partial charge on any atom is 0.443 e. The Labute approximate surface area is 159 Å². The molecule has 0 spiro atoms. The van der Waals surface area contributed by atoms with E-state index < -0.39 is 11.2 Å². The molecule has 9 heteroatoms. The maximum atomic E-state index is 12.6. The summed E-state index contributed by atoms with van der Waals surface area (Å²) in [7, 11) is 0. The van der Waals surface area contributed by atoms with Gasteiger partial charge >= 0.3 is 6.18 Å². The predicted octanol–water partition coefficient (Wildman–Crippen LogP) is 4.42. The first-order valence-corrected chi connectivity index (χ1v) is 9.33. The fraction of sp³-hybridized carbons (Fsp3) is 0.389. The first kappa shape index (κ1) is 20.9. The van der Waals surface area contributed by atoms with E-state index in [1.807, 2.05) is 13.8 Å². The first-order chi connectivity index (χ1) is 12.7. The molecule has 1 aromatic carbocycles. The average Bonchev–Trinajstić information content (AvgIpc) is 3.12. The number of rotatable bonds is 7. The van der Waals surface area contributed by atoms with Gasteiger partial charge in [-0.25, -0.2) is 4.98 Å². The zero-order valence-electron chi connectivity index (χ0n) is 15.0. The molecule has 0 unspecified atom stereocenters. The second-order valence-electron chi connectivity index (χ2n) is 5.73. The Bertz CT molecular complexity index is 784. The molecule has 1 heterocycles. The highest BCUT2D eigenvalue weighted by Gasteiger charge is 2.34. The second kappa shape index (κ2) is 8.98. The number of nitrogens with zero attached hydrogens (tertiary/aromatic N) is 2. The summed E-state index contributed by atoms with van der Waals surface area (Å²) in [6.45, 7) is 4.96. The summed E-state index contributed by atoms with van der Waals surface area (Å²) >= 11 is 0.540. The molecule has 0 atom stereocenters. The normalized spacial score (nSPS) is 11.3. The Hall–Kier alpha value is -2.42. The van der Waals surface area contributed by atoms with Crippen molar-refractivity contribution in [2.45, 2.75) is 32.9 Å². The number of hydrogen-bond acceptors (Lipinski definition) is 4. The summed E-state index contributed by atoms with van der Waals surface area (Å²) in [4.78, 5) is 29.1. The van der Waals surface area contributed by atoms with Gasteiger partial charge in [0.05, 0.1) is 5.69 Å². The van der Waals surface area contributed by atoms with Crippen LogP contribution in [0, 0.1) is 0 Å². The molecule has 1 aromatic heterocycles. The standard InChI is InChI=1S/C18H20F3N3O2S/c1-3-24(4-2)16(26)10-9-15(25)22-13-7-5-12(6-8-13)14-11-27-17(23-14)18(19,20)21/h5-8,11H,3-4,9-10H2,1-2H3,(H,22,25). The highest BCUT2D eigenvalue weighted by atomic mass is 32.1. The van der Waals surface area contributed by atoms with Gasteiger partial charge in [0.25, 0.3) is 0 Å². The third-order valence-corrected chi connectivity index (χ3v) is 4.78. The number of alkyl halides is 3. The molecule has 2 aromatic rings. The van der Waals surface area contributed by atoms with Gasteiger partial charge in [-0.15, -0.1) is 11.3 Å². The number of aromatic nitrogens is 1. The van der Waals surface area contributed by atoms with E-state index in [1.165, 1.54) is 5.38 Å².